The summed E-state index contributed by atoms with van der Waals surface area (Å²) in [5.74, 6) is -1.78. The molecule has 172 valence electrons. The summed E-state index contributed by atoms with van der Waals surface area (Å²) < 4.78 is 15.1. The van der Waals surface area contributed by atoms with Crippen LogP contribution in [0.2, 0.25) is 5.02 Å². The van der Waals surface area contributed by atoms with Crippen LogP contribution in [0.25, 0.3) is 11.8 Å². The lowest BCUT2D eigenvalue weighted by atomic mass is 10.1. The normalized spacial score (nSPS) is 15.1. The molecule has 1 aliphatic rings. The molecule has 0 unspecified atom stereocenters. The zero-order valence-corrected chi connectivity index (χ0v) is 19.4. The zero-order valence-electron chi connectivity index (χ0n) is 17.8. The number of amides is 2. The molecule has 0 spiro atoms. The molecule has 2 heterocycles. The van der Waals surface area contributed by atoms with Crippen LogP contribution in [0.15, 0.2) is 54.1 Å². The molecule has 0 atom stereocenters. The average molecular weight is 499 g/mol. The molecule has 0 bridgehead atoms. The molecule has 1 aromatic heterocycles. The molecule has 1 saturated heterocycles. The fourth-order valence-electron chi connectivity index (χ4n) is 3.75. The maximum atomic E-state index is 13.3. The largest absolute Gasteiger partial charge is 0.318 e. The summed E-state index contributed by atoms with van der Waals surface area (Å²) in [5, 5.41) is 13.4. The molecule has 8 nitrogen and oxygen atoms in total. The summed E-state index contributed by atoms with van der Waals surface area (Å²) in [7, 11) is 0. The Bertz CT molecular complexity index is 1420. The van der Waals surface area contributed by atoms with Crippen molar-refractivity contribution in [2.45, 2.75) is 13.8 Å². The van der Waals surface area contributed by atoms with Gasteiger partial charge in [0.05, 0.1) is 10.6 Å². The predicted molar refractivity (Wildman–Crippen MR) is 130 cm³/mol. The van der Waals surface area contributed by atoms with Crippen molar-refractivity contribution in [2.24, 2.45) is 0 Å². The number of nitrogens with zero attached hydrogens (tertiary/aromatic N) is 3. The lowest BCUT2D eigenvalue weighted by Gasteiger charge is -2.28. The van der Waals surface area contributed by atoms with Crippen LogP contribution in [0.3, 0.4) is 0 Å². The molecule has 1 N–H and O–H groups in total. The number of carbonyl (C=O) groups is 2. The number of carbonyl (C=O) groups excluding carboxylic acids is 2. The first kappa shape index (κ1) is 23.3. The molecule has 11 heteroatoms. The van der Waals surface area contributed by atoms with E-state index in [4.69, 9.17) is 23.8 Å². The van der Waals surface area contributed by atoms with Crippen molar-refractivity contribution in [2.75, 3.05) is 4.90 Å². The van der Waals surface area contributed by atoms with Crippen LogP contribution in [0.1, 0.15) is 17.0 Å². The topological polar surface area (TPSA) is 97.5 Å². The van der Waals surface area contributed by atoms with Gasteiger partial charge >= 0.3 is 0 Å². The number of nitro benzene ring substituents is 1. The van der Waals surface area contributed by atoms with Gasteiger partial charge in [0.25, 0.3) is 17.5 Å². The fraction of sp³-hybridized carbons (Fsp3) is 0.0870. The quantitative estimate of drug-likeness (QED) is 0.186. The highest BCUT2D eigenvalue weighted by molar-refractivity contribution is 7.80. The second kappa shape index (κ2) is 8.81. The Hall–Kier alpha value is -3.89. The predicted octanol–water partition coefficient (Wildman–Crippen LogP) is 4.63. The van der Waals surface area contributed by atoms with Crippen molar-refractivity contribution in [3.05, 3.63) is 92.0 Å². The van der Waals surface area contributed by atoms with E-state index in [0.29, 0.717) is 22.6 Å². The van der Waals surface area contributed by atoms with Crippen LogP contribution < -0.4 is 10.2 Å². The van der Waals surface area contributed by atoms with Crippen LogP contribution in [-0.2, 0) is 9.59 Å². The van der Waals surface area contributed by atoms with Crippen molar-refractivity contribution in [3.63, 3.8) is 0 Å². The van der Waals surface area contributed by atoms with Crippen LogP contribution in [0.5, 0.6) is 0 Å². The molecular formula is C23H16ClFN4O4S. The maximum absolute atomic E-state index is 13.3. The second-order valence-electron chi connectivity index (χ2n) is 7.49. The Morgan fingerprint density at radius 2 is 1.74 bits per heavy atom. The van der Waals surface area contributed by atoms with Gasteiger partial charge in [-0.3, -0.25) is 29.9 Å². The van der Waals surface area contributed by atoms with Gasteiger partial charge in [-0.1, -0.05) is 11.6 Å². The Morgan fingerprint density at radius 1 is 1.09 bits per heavy atom. The number of thiocarbonyl (C=S) groups is 1. The minimum absolute atomic E-state index is 0.0137. The lowest BCUT2D eigenvalue weighted by molar-refractivity contribution is -0.384. The maximum Gasteiger partial charge on any atom is 0.288 e. The van der Waals surface area contributed by atoms with Crippen LogP contribution in [0.4, 0.5) is 15.8 Å². The lowest BCUT2D eigenvalue weighted by Crippen LogP contribution is -2.54. The molecule has 0 saturated carbocycles. The van der Waals surface area contributed by atoms with E-state index < -0.39 is 22.6 Å². The first-order valence-corrected chi connectivity index (χ1v) is 10.7. The highest BCUT2D eigenvalue weighted by Gasteiger charge is 2.34. The summed E-state index contributed by atoms with van der Waals surface area (Å²) in [5.41, 5.74) is 2.55. The van der Waals surface area contributed by atoms with E-state index in [1.807, 2.05) is 6.92 Å². The number of rotatable bonds is 4. The smallest absolute Gasteiger partial charge is 0.288 e. The first-order chi connectivity index (χ1) is 16.1. The van der Waals surface area contributed by atoms with Crippen molar-refractivity contribution in [1.29, 1.82) is 0 Å². The minimum atomic E-state index is -0.656. The highest BCUT2D eigenvalue weighted by Crippen LogP contribution is 2.30. The van der Waals surface area contributed by atoms with Gasteiger partial charge in [0.15, 0.2) is 5.11 Å². The standard InChI is InChI=1S/C23H16ClFN4O4S/c1-12-9-14(13(2)27(12)17-7-8-20(29(32)33)19(24)11-17)10-18-21(30)26-23(34)28(22(18)31)16-5-3-15(25)4-6-16/h3-11H,1-2H3,(H,26,30,34)/b18-10-. The van der Waals surface area contributed by atoms with Crippen molar-refractivity contribution < 1.29 is 18.9 Å². The number of nitrogens with one attached hydrogen (secondary N) is 1. The molecule has 2 aromatic carbocycles. The van der Waals surface area contributed by atoms with E-state index in [-0.39, 0.29) is 21.4 Å². The Labute approximate surface area is 203 Å². The van der Waals surface area contributed by atoms with Gasteiger partial charge in [0.1, 0.15) is 16.4 Å². The molecule has 4 rings (SSSR count). The summed E-state index contributed by atoms with van der Waals surface area (Å²) in [6.07, 6.45) is 1.45. The van der Waals surface area contributed by atoms with Gasteiger partial charge in [-0.15, -0.1) is 0 Å². The summed E-state index contributed by atoms with van der Waals surface area (Å²) in [4.78, 5) is 37.4. The van der Waals surface area contributed by atoms with Gasteiger partial charge in [-0.2, -0.15) is 0 Å². The van der Waals surface area contributed by atoms with Gasteiger partial charge < -0.3 is 4.57 Å². The van der Waals surface area contributed by atoms with Crippen LogP contribution in [0, 0.1) is 29.8 Å². The second-order valence-corrected chi connectivity index (χ2v) is 8.28. The number of nitro groups is 1. The summed E-state index contributed by atoms with van der Waals surface area (Å²) >= 11 is 11.2. The Kier molecular flexibility index (Phi) is 6.03. The third kappa shape index (κ3) is 4.09. The number of anilines is 1. The highest BCUT2D eigenvalue weighted by atomic mass is 35.5. The number of aromatic nitrogens is 1. The molecule has 0 aliphatic carbocycles. The third-order valence-electron chi connectivity index (χ3n) is 5.34. The monoisotopic (exact) mass is 498 g/mol. The fourth-order valence-corrected chi connectivity index (χ4v) is 4.28. The molecule has 34 heavy (non-hydrogen) atoms. The van der Waals surface area contributed by atoms with Crippen molar-refractivity contribution >= 4 is 58.2 Å². The number of benzene rings is 2. The van der Waals surface area contributed by atoms with E-state index in [1.54, 1.807) is 23.6 Å². The van der Waals surface area contributed by atoms with Gasteiger partial charge in [-0.25, -0.2) is 4.39 Å². The van der Waals surface area contributed by atoms with Crippen LogP contribution >= 0.6 is 23.8 Å². The SMILES string of the molecule is Cc1cc(/C=C2/C(=O)NC(=S)N(c3ccc(F)cc3)C2=O)c(C)n1-c1ccc([N+](=O)[O-])c(Cl)c1. The van der Waals surface area contributed by atoms with Gasteiger partial charge in [0.2, 0.25) is 0 Å². The van der Waals surface area contributed by atoms with Crippen LogP contribution in [-0.4, -0.2) is 26.4 Å². The number of aryl methyl sites for hydroxylation is 1. The minimum Gasteiger partial charge on any atom is -0.318 e. The molecular weight excluding hydrogens is 483 g/mol. The van der Waals surface area contributed by atoms with Crippen molar-refractivity contribution in [3.8, 4) is 5.69 Å². The molecule has 3 aromatic rings. The molecule has 1 fully saturated rings. The van der Waals surface area contributed by atoms with E-state index in [9.17, 15) is 24.1 Å². The first-order valence-electron chi connectivity index (χ1n) is 9.88. The summed E-state index contributed by atoms with van der Waals surface area (Å²) in [6, 6.07) is 11.3. The number of hydrogen-bond donors (Lipinski definition) is 1. The molecule has 2 amide bonds. The number of hydrogen-bond acceptors (Lipinski definition) is 5. The summed E-state index contributed by atoms with van der Waals surface area (Å²) in [6.45, 7) is 3.59. The van der Waals surface area contributed by atoms with E-state index >= 15 is 0 Å². The average Bonchev–Trinajstić information content (AvgIpc) is 3.04. The Morgan fingerprint density at radius 3 is 2.35 bits per heavy atom. The molecule has 0 radical (unpaired) electrons. The number of halogens is 2. The molecule has 1 aliphatic heterocycles. The van der Waals surface area contributed by atoms with Crippen molar-refractivity contribution in [1.82, 2.24) is 9.88 Å². The van der Waals surface area contributed by atoms with E-state index in [2.05, 4.69) is 5.32 Å². The van der Waals surface area contributed by atoms with Gasteiger partial charge in [-0.05, 0) is 80.2 Å². The van der Waals surface area contributed by atoms with E-state index in [1.165, 1.54) is 42.5 Å². The van der Waals surface area contributed by atoms with E-state index in [0.717, 1.165) is 10.6 Å². The van der Waals surface area contributed by atoms with Gasteiger partial charge in [0, 0.05) is 23.1 Å². The Balaban J connectivity index is 1.75. The zero-order chi connectivity index (χ0) is 24.7. The third-order valence-corrected chi connectivity index (χ3v) is 5.93.